The van der Waals surface area contributed by atoms with E-state index in [1.54, 1.807) is 28.4 Å². The van der Waals surface area contributed by atoms with Crippen LogP contribution in [0.25, 0.3) is 0 Å². The molecule has 3 aliphatic rings. The van der Waals surface area contributed by atoms with Crippen molar-refractivity contribution in [2.75, 3.05) is 42.0 Å². The van der Waals surface area contributed by atoms with Crippen molar-refractivity contribution >= 4 is 5.91 Å². The number of carbonyl (C=O) groups is 1. The number of amides is 1. The van der Waals surface area contributed by atoms with Gasteiger partial charge in [0.1, 0.15) is 11.5 Å². The fraction of sp³-hybridized carbons (Fsp3) is 0.581. The predicted molar refractivity (Wildman–Crippen MR) is 155 cm³/mol. The van der Waals surface area contributed by atoms with Crippen molar-refractivity contribution < 1.29 is 34.0 Å². The van der Waals surface area contributed by atoms with E-state index in [1.807, 2.05) is 20.8 Å². The van der Waals surface area contributed by atoms with E-state index >= 15 is 0 Å². The number of piperazine rings is 1. The first-order valence-corrected chi connectivity index (χ1v) is 14.3. The van der Waals surface area contributed by atoms with E-state index in [0.717, 1.165) is 39.1 Å². The molecule has 3 heterocycles. The van der Waals surface area contributed by atoms with Gasteiger partial charge in [-0.2, -0.15) is 0 Å². The van der Waals surface area contributed by atoms with Crippen LogP contribution >= 0.6 is 0 Å². The third-order valence-electron chi connectivity index (χ3n) is 9.68. The molecule has 0 aliphatic carbocycles. The molecule has 3 aliphatic heterocycles. The van der Waals surface area contributed by atoms with Crippen molar-refractivity contribution in [3.8, 4) is 34.5 Å². The van der Waals surface area contributed by atoms with Gasteiger partial charge in [0.25, 0.3) is 0 Å². The molecule has 3 N–H and O–H groups in total. The maximum Gasteiger partial charge on any atom is 0.219 e. The van der Waals surface area contributed by atoms with Crippen LogP contribution in [0.5, 0.6) is 34.5 Å². The van der Waals surface area contributed by atoms with E-state index in [4.69, 9.17) is 18.9 Å². The number of benzene rings is 2. The van der Waals surface area contributed by atoms with Crippen LogP contribution in [0.2, 0.25) is 0 Å². The number of phenolic OH excluding ortho intramolecular Hbond substituents is 2. The molecule has 2 aromatic carbocycles. The SMILES string of the molecule is CCC(=O)NC[C@H]1c2c(O)c(OC)c(C)c(OC)c2C[C@H]2[C@H]3c4c(O)c(OC)c(C)c(OC)c4C[C@@H]([C@H](C)N12)N3C. The number of nitrogens with one attached hydrogen (secondary N) is 1. The van der Waals surface area contributed by atoms with Crippen LogP contribution < -0.4 is 24.3 Å². The molecule has 1 fully saturated rings. The molecule has 2 aromatic rings. The van der Waals surface area contributed by atoms with Gasteiger partial charge in [-0.3, -0.25) is 14.6 Å². The highest BCUT2D eigenvalue weighted by Crippen LogP contribution is 2.58. The van der Waals surface area contributed by atoms with Crippen molar-refractivity contribution in [2.24, 2.45) is 0 Å². The number of phenols is 2. The minimum absolute atomic E-state index is 0.0398. The van der Waals surface area contributed by atoms with Crippen molar-refractivity contribution in [3.63, 3.8) is 0 Å². The topological polar surface area (TPSA) is 113 Å². The number of hydrogen-bond donors (Lipinski definition) is 3. The second-order valence-corrected chi connectivity index (χ2v) is 11.4. The molecule has 1 amide bonds. The van der Waals surface area contributed by atoms with Crippen LogP contribution in [0.3, 0.4) is 0 Å². The molecule has 224 valence electrons. The monoisotopic (exact) mass is 569 g/mol. The first-order valence-electron chi connectivity index (χ1n) is 14.3. The number of hydrogen-bond acceptors (Lipinski definition) is 9. The van der Waals surface area contributed by atoms with Gasteiger partial charge in [-0.1, -0.05) is 6.92 Å². The molecule has 1 saturated heterocycles. The lowest BCUT2D eigenvalue weighted by molar-refractivity contribution is -0.122. The van der Waals surface area contributed by atoms with Gasteiger partial charge < -0.3 is 34.5 Å². The van der Waals surface area contributed by atoms with E-state index in [2.05, 4.69) is 29.1 Å². The zero-order chi connectivity index (χ0) is 29.9. The number of methoxy groups -OCH3 is 4. The van der Waals surface area contributed by atoms with Crippen molar-refractivity contribution in [1.82, 2.24) is 15.1 Å². The van der Waals surface area contributed by atoms with Crippen molar-refractivity contribution in [2.45, 2.75) is 77.2 Å². The van der Waals surface area contributed by atoms with Gasteiger partial charge in [-0.05, 0) is 40.7 Å². The molecule has 5 rings (SSSR count). The van der Waals surface area contributed by atoms with Gasteiger partial charge in [0.2, 0.25) is 5.91 Å². The number of fused-ring (bicyclic) bond motifs is 7. The molecular formula is C31H43N3O7. The van der Waals surface area contributed by atoms with Crippen LogP contribution in [0.15, 0.2) is 0 Å². The largest absolute Gasteiger partial charge is 0.504 e. The lowest BCUT2D eigenvalue weighted by atomic mass is 9.71. The van der Waals surface area contributed by atoms with Crippen LogP contribution in [-0.2, 0) is 17.6 Å². The summed E-state index contributed by atoms with van der Waals surface area (Å²) in [5.41, 5.74) is 4.91. The van der Waals surface area contributed by atoms with E-state index in [-0.39, 0.29) is 47.6 Å². The molecule has 5 atom stereocenters. The second-order valence-electron chi connectivity index (χ2n) is 11.4. The summed E-state index contributed by atoms with van der Waals surface area (Å²) in [7, 11) is 8.51. The normalized spacial score (nSPS) is 25.0. The van der Waals surface area contributed by atoms with Gasteiger partial charge in [-0.15, -0.1) is 0 Å². The van der Waals surface area contributed by atoms with E-state index < -0.39 is 0 Å². The summed E-state index contributed by atoms with van der Waals surface area (Å²) < 4.78 is 23.2. The number of nitrogens with zero attached hydrogens (tertiary/aromatic N) is 2. The Balaban J connectivity index is 1.79. The van der Waals surface area contributed by atoms with Gasteiger partial charge >= 0.3 is 0 Å². The summed E-state index contributed by atoms with van der Waals surface area (Å²) in [6.45, 7) is 8.13. The first-order chi connectivity index (χ1) is 19.6. The van der Waals surface area contributed by atoms with Gasteiger partial charge in [0, 0.05) is 64.5 Å². The summed E-state index contributed by atoms with van der Waals surface area (Å²) in [6.07, 6.45) is 1.58. The zero-order valence-corrected chi connectivity index (χ0v) is 25.5. The lowest BCUT2D eigenvalue weighted by Gasteiger charge is -2.61. The Kier molecular flexibility index (Phi) is 7.67. The summed E-state index contributed by atoms with van der Waals surface area (Å²) in [5, 5.41) is 26.4. The second kappa shape index (κ2) is 10.8. The maximum absolute atomic E-state index is 12.5. The van der Waals surface area contributed by atoms with E-state index in [0.29, 0.717) is 43.1 Å². The van der Waals surface area contributed by atoms with E-state index in [1.165, 1.54) is 0 Å². The third-order valence-corrected chi connectivity index (χ3v) is 9.68. The molecule has 2 bridgehead atoms. The Morgan fingerprint density at radius 3 is 1.85 bits per heavy atom. The van der Waals surface area contributed by atoms with Gasteiger partial charge in [0.15, 0.2) is 23.0 Å². The van der Waals surface area contributed by atoms with Crippen LogP contribution in [-0.4, -0.2) is 86.1 Å². The Hall–Kier alpha value is -3.37. The summed E-state index contributed by atoms with van der Waals surface area (Å²) in [5.74, 6) is 2.35. The standard InChI is InChI=1S/C31H43N3O7/c1-10-22(35)32-13-21-23-17(28(38-6)14(2)30(40-8)26(23)36)12-20-25-24-18(11-19(33(25)5)16(4)34(20)21)29(39-7)15(3)31(41-9)27(24)37/h16,19-21,25,36-37H,10-13H2,1-9H3,(H,32,35)/t16-,19-,20-,21-,25-/m0/s1. The van der Waals surface area contributed by atoms with Crippen molar-refractivity contribution in [3.05, 3.63) is 33.4 Å². The van der Waals surface area contributed by atoms with Gasteiger partial charge in [0.05, 0.1) is 40.5 Å². The minimum atomic E-state index is -0.353. The third kappa shape index (κ3) is 4.09. The fourth-order valence-electron chi connectivity index (χ4n) is 7.96. The average Bonchev–Trinajstić information content (AvgIpc) is 2.95. The molecule has 41 heavy (non-hydrogen) atoms. The highest BCUT2D eigenvalue weighted by atomic mass is 16.5. The van der Waals surface area contributed by atoms with Gasteiger partial charge in [-0.25, -0.2) is 0 Å². The Morgan fingerprint density at radius 2 is 1.34 bits per heavy atom. The molecule has 10 heteroatoms. The fourth-order valence-corrected chi connectivity index (χ4v) is 7.96. The number of carbonyl (C=O) groups excluding carboxylic acids is 1. The quantitative estimate of drug-likeness (QED) is 0.461. The van der Waals surface area contributed by atoms with Crippen LogP contribution in [0, 0.1) is 13.8 Å². The molecule has 0 radical (unpaired) electrons. The van der Waals surface area contributed by atoms with E-state index in [9.17, 15) is 15.0 Å². The Bertz CT molecular complexity index is 1380. The molecule has 0 aromatic heterocycles. The maximum atomic E-state index is 12.5. The first kappa shape index (κ1) is 29.1. The molecular weight excluding hydrogens is 526 g/mol. The molecule has 0 spiro atoms. The highest BCUT2D eigenvalue weighted by molar-refractivity contribution is 5.75. The number of rotatable bonds is 7. The highest BCUT2D eigenvalue weighted by Gasteiger charge is 2.55. The Morgan fingerprint density at radius 1 is 0.854 bits per heavy atom. The van der Waals surface area contributed by atoms with Crippen LogP contribution in [0.4, 0.5) is 0 Å². The molecule has 0 unspecified atom stereocenters. The summed E-state index contributed by atoms with van der Waals surface area (Å²) in [6, 6.07) is -0.556. The zero-order valence-electron chi connectivity index (χ0n) is 25.5. The number of likely N-dealkylation sites (N-methyl/N-ethyl adjacent to an activating group) is 1. The number of ether oxygens (including phenoxy) is 4. The summed E-state index contributed by atoms with van der Waals surface area (Å²) >= 11 is 0. The number of aromatic hydroxyl groups is 2. The smallest absolute Gasteiger partial charge is 0.219 e. The minimum Gasteiger partial charge on any atom is -0.504 e. The average molecular weight is 570 g/mol. The lowest BCUT2D eigenvalue weighted by Crippen LogP contribution is -2.68. The Labute approximate surface area is 242 Å². The summed E-state index contributed by atoms with van der Waals surface area (Å²) in [4.78, 5) is 17.3. The molecule has 0 saturated carbocycles. The predicted octanol–water partition coefficient (Wildman–Crippen LogP) is 3.54. The van der Waals surface area contributed by atoms with Crippen molar-refractivity contribution in [1.29, 1.82) is 0 Å². The van der Waals surface area contributed by atoms with Crippen LogP contribution in [0.1, 0.15) is 65.7 Å². The molecule has 10 nitrogen and oxygen atoms in total.